The van der Waals surface area contributed by atoms with Gasteiger partial charge in [-0.25, -0.2) is 4.79 Å². The maximum atomic E-state index is 11.6. The summed E-state index contributed by atoms with van der Waals surface area (Å²) >= 11 is 0. The second kappa shape index (κ2) is 7.97. The van der Waals surface area contributed by atoms with Gasteiger partial charge < -0.3 is 10.1 Å². The fourth-order valence-electron chi connectivity index (χ4n) is 2.31. The van der Waals surface area contributed by atoms with Gasteiger partial charge in [0.25, 0.3) is 0 Å². The summed E-state index contributed by atoms with van der Waals surface area (Å²) < 4.78 is 5.15. The highest BCUT2D eigenvalue weighted by atomic mass is 16.5. The molecule has 3 rings (SSSR count). The molecule has 0 aliphatic carbocycles. The van der Waals surface area contributed by atoms with Crippen molar-refractivity contribution in [3.63, 3.8) is 0 Å². The second-order valence-corrected chi connectivity index (χ2v) is 5.40. The normalized spacial score (nSPS) is 11.0. The van der Waals surface area contributed by atoms with Gasteiger partial charge in [-0.15, -0.1) is 0 Å². The van der Waals surface area contributed by atoms with Gasteiger partial charge in [-0.2, -0.15) is 5.10 Å². The van der Waals surface area contributed by atoms with E-state index in [9.17, 15) is 4.79 Å². The number of hydrogen-bond acceptors (Lipinski definition) is 3. The van der Waals surface area contributed by atoms with E-state index in [1.165, 1.54) is 0 Å². The lowest BCUT2D eigenvalue weighted by atomic mass is 10.1. The van der Waals surface area contributed by atoms with Gasteiger partial charge in [0.05, 0.1) is 11.7 Å². The Morgan fingerprint density at radius 1 is 1.21 bits per heavy atom. The zero-order chi connectivity index (χ0) is 16.6. The number of alkyl carbamates (subject to hydrolysis) is 1. The molecule has 5 nitrogen and oxygen atoms in total. The Kier molecular flexibility index (Phi) is 5.24. The first-order chi connectivity index (χ1) is 11.8. The average molecular weight is 321 g/mol. The molecular weight excluding hydrogens is 302 g/mol. The first-order valence-electron chi connectivity index (χ1n) is 7.85. The minimum Gasteiger partial charge on any atom is -0.445 e. The van der Waals surface area contributed by atoms with Gasteiger partial charge in [0, 0.05) is 11.9 Å². The van der Waals surface area contributed by atoms with Crippen molar-refractivity contribution >= 4 is 23.1 Å². The maximum absolute atomic E-state index is 11.6. The molecule has 0 radical (unpaired) electrons. The molecule has 1 amide bonds. The van der Waals surface area contributed by atoms with Crippen LogP contribution in [0.25, 0.3) is 17.0 Å². The Bertz CT molecular complexity index is 825. The number of carbonyl (C=O) groups excluding carboxylic acids is 1. The molecule has 0 saturated heterocycles. The first-order valence-corrected chi connectivity index (χ1v) is 7.85. The fraction of sp³-hybridized carbons (Fsp3) is 0.158. The van der Waals surface area contributed by atoms with Crippen molar-refractivity contribution in [2.45, 2.75) is 13.0 Å². The number of rotatable bonds is 6. The summed E-state index contributed by atoms with van der Waals surface area (Å²) in [6.45, 7) is 0.823. The van der Waals surface area contributed by atoms with Crippen molar-refractivity contribution in [1.29, 1.82) is 0 Å². The zero-order valence-corrected chi connectivity index (χ0v) is 13.2. The number of fused-ring (bicyclic) bond motifs is 1. The van der Waals surface area contributed by atoms with Gasteiger partial charge in [0.1, 0.15) is 6.61 Å². The molecule has 1 heterocycles. The number of hydrogen-bond donors (Lipinski definition) is 2. The molecule has 3 aromatic rings. The van der Waals surface area contributed by atoms with Gasteiger partial charge >= 0.3 is 6.09 Å². The summed E-state index contributed by atoms with van der Waals surface area (Å²) in [6.07, 6.45) is 6.19. The molecule has 2 aromatic carbocycles. The number of carbonyl (C=O) groups is 1. The van der Waals surface area contributed by atoms with Gasteiger partial charge in [-0.1, -0.05) is 54.6 Å². The van der Waals surface area contributed by atoms with E-state index < -0.39 is 6.09 Å². The maximum Gasteiger partial charge on any atom is 0.407 e. The van der Waals surface area contributed by atoms with Crippen molar-refractivity contribution < 1.29 is 9.53 Å². The Morgan fingerprint density at radius 3 is 2.96 bits per heavy atom. The number of H-pyrrole nitrogens is 1. The Morgan fingerprint density at radius 2 is 2.08 bits per heavy atom. The highest BCUT2D eigenvalue weighted by Gasteiger charge is 2.00. The molecular formula is C19H19N3O2. The van der Waals surface area contributed by atoms with E-state index >= 15 is 0 Å². The molecule has 0 aliphatic heterocycles. The smallest absolute Gasteiger partial charge is 0.407 e. The highest BCUT2D eigenvalue weighted by Crippen LogP contribution is 2.13. The molecule has 24 heavy (non-hydrogen) atoms. The van der Waals surface area contributed by atoms with E-state index in [4.69, 9.17) is 4.74 Å². The van der Waals surface area contributed by atoms with Crippen molar-refractivity contribution in [2.24, 2.45) is 0 Å². The number of amides is 1. The number of benzene rings is 2. The van der Waals surface area contributed by atoms with Crippen molar-refractivity contribution in [3.8, 4) is 0 Å². The minimum atomic E-state index is -0.397. The Hall–Kier alpha value is -3.08. The Labute approximate surface area is 140 Å². The predicted octanol–water partition coefficient (Wildman–Crippen LogP) is 3.89. The third-order valence-corrected chi connectivity index (χ3v) is 3.57. The first kappa shape index (κ1) is 15.8. The van der Waals surface area contributed by atoms with Gasteiger partial charge in [-0.05, 0) is 23.6 Å². The average Bonchev–Trinajstić information content (AvgIpc) is 3.08. The third-order valence-electron chi connectivity index (χ3n) is 3.57. The highest BCUT2D eigenvalue weighted by molar-refractivity contribution is 5.80. The van der Waals surface area contributed by atoms with Crippen LogP contribution in [0, 0.1) is 0 Å². The zero-order valence-electron chi connectivity index (χ0n) is 13.2. The molecule has 0 aliphatic rings. The molecule has 0 spiro atoms. The predicted molar refractivity (Wildman–Crippen MR) is 94.4 cm³/mol. The summed E-state index contributed by atoms with van der Waals surface area (Å²) in [5.74, 6) is 0. The number of aromatic amines is 1. The summed E-state index contributed by atoms with van der Waals surface area (Å²) in [6, 6.07) is 15.7. The molecule has 2 N–H and O–H groups in total. The molecule has 0 atom stereocenters. The van der Waals surface area contributed by atoms with Crippen molar-refractivity contribution in [3.05, 3.63) is 71.9 Å². The van der Waals surface area contributed by atoms with Crippen LogP contribution in [-0.4, -0.2) is 22.8 Å². The minimum absolute atomic E-state index is 0.284. The van der Waals surface area contributed by atoms with Crippen LogP contribution in [0.2, 0.25) is 0 Å². The van der Waals surface area contributed by atoms with E-state index in [0.29, 0.717) is 6.54 Å². The SMILES string of the molecule is O=C(NCCC=Cc1ccc2cn[nH]c2c1)OCc1ccccc1. The summed E-state index contributed by atoms with van der Waals surface area (Å²) in [5.41, 5.74) is 3.08. The van der Waals surface area contributed by atoms with E-state index in [0.717, 1.165) is 28.5 Å². The molecule has 0 unspecified atom stereocenters. The van der Waals surface area contributed by atoms with Crippen LogP contribution in [0.5, 0.6) is 0 Å². The second-order valence-electron chi connectivity index (χ2n) is 5.40. The van der Waals surface area contributed by atoms with E-state index in [1.54, 1.807) is 6.20 Å². The molecule has 5 heteroatoms. The molecule has 122 valence electrons. The van der Waals surface area contributed by atoms with Gasteiger partial charge in [0.2, 0.25) is 0 Å². The molecule has 1 aromatic heterocycles. The van der Waals surface area contributed by atoms with E-state index in [2.05, 4.69) is 15.5 Å². The van der Waals surface area contributed by atoms with Crippen LogP contribution in [0.3, 0.4) is 0 Å². The fourth-order valence-corrected chi connectivity index (χ4v) is 2.31. The van der Waals surface area contributed by atoms with E-state index in [1.807, 2.05) is 60.7 Å². The summed E-state index contributed by atoms with van der Waals surface area (Å²) in [4.78, 5) is 11.6. The summed E-state index contributed by atoms with van der Waals surface area (Å²) in [5, 5.41) is 10.8. The third kappa shape index (κ3) is 4.46. The van der Waals surface area contributed by atoms with Crippen LogP contribution in [0.15, 0.2) is 60.8 Å². The van der Waals surface area contributed by atoms with Crippen LogP contribution in [0.1, 0.15) is 17.5 Å². The monoisotopic (exact) mass is 321 g/mol. The lowest BCUT2D eigenvalue weighted by Crippen LogP contribution is -2.24. The largest absolute Gasteiger partial charge is 0.445 e. The quantitative estimate of drug-likeness (QED) is 0.677. The number of aromatic nitrogens is 2. The number of ether oxygens (including phenoxy) is 1. The topological polar surface area (TPSA) is 67.0 Å². The summed E-state index contributed by atoms with van der Waals surface area (Å²) in [7, 11) is 0. The molecule has 0 fully saturated rings. The van der Waals surface area contributed by atoms with Crippen LogP contribution >= 0.6 is 0 Å². The standard InChI is InChI=1S/C19H19N3O2/c23-19(24-14-16-7-2-1-3-8-16)20-11-5-4-6-15-9-10-17-13-21-22-18(17)12-15/h1-4,6-10,12-13H,5,11,14H2,(H,20,23)(H,21,22). The van der Waals surface area contributed by atoms with Gasteiger partial charge in [0.15, 0.2) is 0 Å². The molecule has 0 bridgehead atoms. The van der Waals surface area contributed by atoms with Gasteiger partial charge in [-0.3, -0.25) is 5.10 Å². The molecule has 0 saturated carbocycles. The van der Waals surface area contributed by atoms with E-state index in [-0.39, 0.29) is 6.61 Å². The number of nitrogens with zero attached hydrogens (tertiary/aromatic N) is 1. The lowest BCUT2D eigenvalue weighted by molar-refractivity contribution is 0.140. The lowest BCUT2D eigenvalue weighted by Gasteiger charge is -2.05. The van der Waals surface area contributed by atoms with Crippen molar-refractivity contribution in [1.82, 2.24) is 15.5 Å². The van der Waals surface area contributed by atoms with Crippen LogP contribution in [0.4, 0.5) is 4.79 Å². The Balaban J connectivity index is 1.37. The van der Waals surface area contributed by atoms with Crippen LogP contribution in [-0.2, 0) is 11.3 Å². The number of nitrogens with one attached hydrogen (secondary N) is 2. The van der Waals surface area contributed by atoms with Crippen LogP contribution < -0.4 is 5.32 Å². The van der Waals surface area contributed by atoms with Crippen molar-refractivity contribution in [2.75, 3.05) is 6.54 Å².